The van der Waals surface area contributed by atoms with Gasteiger partial charge in [-0.1, -0.05) is 17.7 Å². The van der Waals surface area contributed by atoms with Gasteiger partial charge < -0.3 is 4.74 Å². The van der Waals surface area contributed by atoms with E-state index in [1.807, 2.05) is 0 Å². The van der Waals surface area contributed by atoms with Crippen LogP contribution in [0.25, 0.3) is 0 Å². The quantitative estimate of drug-likeness (QED) is 0.777. The molecule has 0 atom stereocenters. The van der Waals surface area contributed by atoms with E-state index in [2.05, 4.69) is 0 Å². The zero-order chi connectivity index (χ0) is 17.3. The molecule has 0 spiro atoms. The highest BCUT2D eigenvalue weighted by molar-refractivity contribution is 7.89. The normalized spacial score (nSPS) is 14.8. The maximum absolute atomic E-state index is 14.1. The number of nitrogens with zero attached hydrogens (tertiary/aromatic N) is 1. The van der Waals surface area contributed by atoms with Gasteiger partial charge in [0.05, 0.1) is 12.0 Å². The van der Waals surface area contributed by atoms with Gasteiger partial charge in [0.1, 0.15) is 11.6 Å². The molecule has 2 aromatic carbocycles. The number of hydrogen-bond donors (Lipinski definition) is 0. The SMILES string of the molecule is COc1ccc(S(=O)(=O)N(Cc2c(F)cccc2Cl)C2CC2)cc1. The fourth-order valence-corrected chi connectivity index (χ4v) is 4.37. The van der Waals surface area contributed by atoms with Crippen LogP contribution in [0.1, 0.15) is 18.4 Å². The van der Waals surface area contributed by atoms with E-state index in [1.165, 1.54) is 35.7 Å². The van der Waals surface area contributed by atoms with Crippen LogP contribution in [-0.4, -0.2) is 25.9 Å². The summed E-state index contributed by atoms with van der Waals surface area (Å²) in [6, 6.07) is 10.4. The fraction of sp³-hybridized carbons (Fsp3) is 0.294. The van der Waals surface area contributed by atoms with E-state index < -0.39 is 15.8 Å². The molecule has 1 fully saturated rings. The number of halogens is 2. The predicted molar refractivity (Wildman–Crippen MR) is 90.2 cm³/mol. The van der Waals surface area contributed by atoms with Crippen molar-refractivity contribution in [2.45, 2.75) is 30.3 Å². The van der Waals surface area contributed by atoms with Gasteiger partial charge >= 0.3 is 0 Å². The van der Waals surface area contributed by atoms with Gasteiger partial charge in [-0.05, 0) is 49.2 Å². The summed E-state index contributed by atoms with van der Waals surface area (Å²) in [6.45, 7) is -0.0788. The molecular formula is C17H17ClFNO3S. The van der Waals surface area contributed by atoms with Crippen molar-refractivity contribution in [3.05, 3.63) is 58.9 Å². The van der Waals surface area contributed by atoms with E-state index in [4.69, 9.17) is 16.3 Å². The molecular weight excluding hydrogens is 353 g/mol. The second-order valence-corrected chi connectivity index (χ2v) is 7.95. The Morgan fingerprint density at radius 1 is 1.21 bits per heavy atom. The lowest BCUT2D eigenvalue weighted by molar-refractivity contribution is 0.391. The van der Waals surface area contributed by atoms with Crippen molar-refractivity contribution in [3.63, 3.8) is 0 Å². The van der Waals surface area contributed by atoms with Crippen molar-refractivity contribution >= 4 is 21.6 Å². The molecule has 0 bridgehead atoms. The lowest BCUT2D eigenvalue weighted by Crippen LogP contribution is -2.33. The number of sulfonamides is 1. The molecule has 2 aromatic rings. The van der Waals surface area contributed by atoms with Gasteiger partial charge in [-0.15, -0.1) is 0 Å². The molecule has 128 valence electrons. The molecule has 0 aliphatic heterocycles. The van der Waals surface area contributed by atoms with Crippen LogP contribution in [0, 0.1) is 5.82 Å². The van der Waals surface area contributed by atoms with Crippen molar-refractivity contribution in [1.29, 1.82) is 0 Å². The molecule has 0 radical (unpaired) electrons. The highest BCUT2D eigenvalue weighted by Gasteiger charge is 2.38. The molecule has 24 heavy (non-hydrogen) atoms. The maximum Gasteiger partial charge on any atom is 0.243 e. The Kier molecular flexibility index (Phi) is 4.80. The Morgan fingerprint density at radius 2 is 1.88 bits per heavy atom. The van der Waals surface area contributed by atoms with Crippen molar-refractivity contribution in [1.82, 2.24) is 4.31 Å². The second-order valence-electron chi connectivity index (χ2n) is 5.66. The summed E-state index contributed by atoms with van der Waals surface area (Å²) in [4.78, 5) is 0.155. The summed E-state index contributed by atoms with van der Waals surface area (Å²) in [6.07, 6.45) is 1.53. The second kappa shape index (κ2) is 6.70. The first-order valence-corrected chi connectivity index (χ1v) is 9.34. The van der Waals surface area contributed by atoms with Crippen LogP contribution in [0.4, 0.5) is 4.39 Å². The van der Waals surface area contributed by atoms with Crippen molar-refractivity contribution in [2.24, 2.45) is 0 Å². The van der Waals surface area contributed by atoms with E-state index in [0.29, 0.717) is 5.75 Å². The van der Waals surface area contributed by atoms with Crippen molar-refractivity contribution in [2.75, 3.05) is 7.11 Å². The van der Waals surface area contributed by atoms with Gasteiger partial charge in [-0.3, -0.25) is 0 Å². The first kappa shape index (κ1) is 17.2. The molecule has 0 N–H and O–H groups in total. The smallest absolute Gasteiger partial charge is 0.243 e. The van der Waals surface area contributed by atoms with Crippen LogP contribution in [0.15, 0.2) is 47.4 Å². The summed E-state index contributed by atoms with van der Waals surface area (Å²) in [5.41, 5.74) is 0.197. The highest BCUT2D eigenvalue weighted by Crippen LogP contribution is 2.35. The Morgan fingerprint density at radius 3 is 2.42 bits per heavy atom. The molecule has 0 saturated heterocycles. The summed E-state index contributed by atoms with van der Waals surface area (Å²) >= 11 is 6.06. The number of ether oxygens (including phenoxy) is 1. The number of benzene rings is 2. The molecule has 0 heterocycles. The first-order valence-electron chi connectivity index (χ1n) is 7.52. The predicted octanol–water partition coefficient (Wildman–Crippen LogP) is 3.84. The Balaban J connectivity index is 1.95. The van der Waals surface area contributed by atoms with E-state index in [9.17, 15) is 12.8 Å². The Hall–Kier alpha value is -1.63. The molecule has 4 nitrogen and oxygen atoms in total. The third-order valence-electron chi connectivity index (χ3n) is 4.00. The van der Waals surface area contributed by atoms with E-state index in [1.54, 1.807) is 18.2 Å². The molecule has 1 aliphatic carbocycles. The molecule has 0 amide bonds. The van der Waals surface area contributed by atoms with E-state index >= 15 is 0 Å². The van der Waals surface area contributed by atoms with Crippen LogP contribution in [0.5, 0.6) is 5.75 Å². The first-order chi connectivity index (χ1) is 11.4. The summed E-state index contributed by atoms with van der Waals surface area (Å²) in [7, 11) is -2.23. The molecule has 1 aliphatic rings. The van der Waals surface area contributed by atoms with Crippen LogP contribution < -0.4 is 4.74 Å². The summed E-state index contributed by atoms with van der Waals surface area (Å²) < 4.78 is 46.4. The van der Waals surface area contributed by atoms with Gasteiger partial charge in [-0.25, -0.2) is 12.8 Å². The molecule has 0 aromatic heterocycles. The Bertz CT molecular complexity index is 815. The highest BCUT2D eigenvalue weighted by atomic mass is 35.5. The molecule has 7 heteroatoms. The fourth-order valence-electron chi connectivity index (χ4n) is 2.50. The lowest BCUT2D eigenvalue weighted by atomic mass is 10.2. The molecule has 3 rings (SSSR count). The Labute approximate surface area is 145 Å². The van der Waals surface area contributed by atoms with Gasteiger partial charge in [0, 0.05) is 23.2 Å². The van der Waals surface area contributed by atoms with Crippen LogP contribution >= 0.6 is 11.6 Å². The number of hydrogen-bond acceptors (Lipinski definition) is 3. The van der Waals surface area contributed by atoms with E-state index in [-0.39, 0.29) is 28.1 Å². The zero-order valence-electron chi connectivity index (χ0n) is 13.1. The third kappa shape index (κ3) is 3.41. The maximum atomic E-state index is 14.1. The van der Waals surface area contributed by atoms with Gasteiger partial charge in [0.2, 0.25) is 10.0 Å². The topological polar surface area (TPSA) is 46.6 Å². The average Bonchev–Trinajstić information content (AvgIpc) is 3.39. The van der Waals surface area contributed by atoms with Crippen LogP contribution in [-0.2, 0) is 16.6 Å². The number of rotatable bonds is 6. The average molecular weight is 370 g/mol. The lowest BCUT2D eigenvalue weighted by Gasteiger charge is -2.23. The molecule has 0 unspecified atom stereocenters. The zero-order valence-corrected chi connectivity index (χ0v) is 14.6. The van der Waals surface area contributed by atoms with Crippen molar-refractivity contribution < 1.29 is 17.5 Å². The summed E-state index contributed by atoms with van der Waals surface area (Å²) in [5.74, 6) is 0.0714. The van der Waals surface area contributed by atoms with Gasteiger partial charge in [0.25, 0.3) is 0 Å². The van der Waals surface area contributed by atoms with Gasteiger partial charge in [-0.2, -0.15) is 4.31 Å². The minimum absolute atomic E-state index is 0.0788. The molecule has 1 saturated carbocycles. The summed E-state index contributed by atoms with van der Waals surface area (Å²) in [5, 5.41) is 0.227. The van der Waals surface area contributed by atoms with Crippen LogP contribution in [0.2, 0.25) is 5.02 Å². The minimum Gasteiger partial charge on any atom is -0.497 e. The third-order valence-corrected chi connectivity index (χ3v) is 6.26. The standard InChI is InChI=1S/C17H17ClFNO3S/c1-23-13-7-9-14(10-8-13)24(21,22)20(12-5-6-12)11-15-16(18)3-2-4-17(15)19/h2-4,7-10,12H,5-6,11H2,1H3. The van der Waals surface area contributed by atoms with Gasteiger partial charge in [0.15, 0.2) is 0 Å². The van der Waals surface area contributed by atoms with Crippen LogP contribution in [0.3, 0.4) is 0 Å². The largest absolute Gasteiger partial charge is 0.497 e. The minimum atomic E-state index is -3.74. The van der Waals surface area contributed by atoms with Crippen molar-refractivity contribution in [3.8, 4) is 5.75 Å². The number of methoxy groups -OCH3 is 1. The monoisotopic (exact) mass is 369 g/mol. The van der Waals surface area contributed by atoms with E-state index in [0.717, 1.165) is 12.8 Å².